The standard InChI is InChI=1S/C19H26ClFN2O3/c1-13-10-23(7-8-26-13)17(19-15(20)3-2-4-16(19)21)9-22-18(24)12-25-11-14-5-6-14/h2-4,13-14,17H,5-12H2,1H3,(H,22,24). The number of hydrogen-bond donors (Lipinski definition) is 1. The van der Waals surface area contributed by atoms with Crippen molar-refractivity contribution < 1.29 is 18.7 Å². The van der Waals surface area contributed by atoms with E-state index >= 15 is 0 Å². The maximum atomic E-state index is 14.5. The van der Waals surface area contributed by atoms with Crippen LogP contribution in [0, 0.1) is 11.7 Å². The van der Waals surface area contributed by atoms with Gasteiger partial charge in [-0.25, -0.2) is 4.39 Å². The van der Waals surface area contributed by atoms with E-state index in [1.54, 1.807) is 12.1 Å². The number of hydrogen-bond acceptors (Lipinski definition) is 4. The lowest BCUT2D eigenvalue weighted by molar-refractivity contribution is -0.126. The number of nitrogens with one attached hydrogen (secondary N) is 1. The highest BCUT2D eigenvalue weighted by molar-refractivity contribution is 6.31. The quantitative estimate of drug-likeness (QED) is 0.748. The van der Waals surface area contributed by atoms with Crippen LogP contribution in [0.1, 0.15) is 31.4 Å². The topological polar surface area (TPSA) is 50.8 Å². The Morgan fingerprint density at radius 1 is 1.50 bits per heavy atom. The zero-order valence-electron chi connectivity index (χ0n) is 15.0. The highest BCUT2D eigenvalue weighted by Crippen LogP contribution is 2.31. The minimum absolute atomic E-state index is 0.0355. The van der Waals surface area contributed by atoms with E-state index in [-0.39, 0.29) is 37.0 Å². The maximum absolute atomic E-state index is 14.5. The van der Waals surface area contributed by atoms with Crippen molar-refractivity contribution in [1.29, 1.82) is 0 Å². The zero-order chi connectivity index (χ0) is 18.5. The van der Waals surface area contributed by atoms with Crippen molar-refractivity contribution in [3.8, 4) is 0 Å². The van der Waals surface area contributed by atoms with Crippen LogP contribution >= 0.6 is 11.6 Å². The minimum atomic E-state index is -0.360. The average molecular weight is 385 g/mol. The highest BCUT2D eigenvalue weighted by Gasteiger charge is 2.29. The fraction of sp³-hybridized carbons (Fsp3) is 0.632. The summed E-state index contributed by atoms with van der Waals surface area (Å²) in [6.07, 6.45) is 2.42. The van der Waals surface area contributed by atoms with Crippen molar-refractivity contribution in [2.75, 3.05) is 39.5 Å². The molecule has 3 rings (SSSR count). The summed E-state index contributed by atoms with van der Waals surface area (Å²) in [5, 5.41) is 3.24. The summed E-state index contributed by atoms with van der Waals surface area (Å²) in [5.74, 6) is 0.0629. The van der Waals surface area contributed by atoms with E-state index < -0.39 is 0 Å². The Hall–Kier alpha value is -1.21. The van der Waals surface area contributed by atoms with Gasteiger partial charge in [-0.3, -0.25) is 9.69 Å². The number of amides is 1. The molecule has 2 unspecified atom stereocenters. The van der Waals surface area contributed by atoms with Crippen molar-refractivity contribution >= 4 is 17.5 Å². The number of rotatable bonds is 8. The van der Waals surface area contributed by atoms with E-state index in [1.807, 2.05) is 6.92 Å². The molecule has 26 heavy (non-hydrogen) atoms. The van der Waals surface area contributed by atoms with Crippen LogP contribution in [0.2, 0.25) is 5.02 Å². The summed E-state index contributed by atoms with van der Waals surface area (Å²) < 4.78 is 25.5. The number of nitrogens with zero attached hydrogens (tertiary/aromatic N) is 1. The van der Waals surface area contributed by atoms with Gasteiger partial charge in [0.15, 0.2) is 0 Å². The molecule has 5 nitrogen and oxygen atoms in total. The van der Waals surface area contributed by atoms with Crippen LogP contribution in [0.25, 0.3) is 0 Å². The molecule has 1 aliphatic heterocycles. The summed E-state index contributed by atoms with van der Waals surface area (Å²) in [6.45, 7) is 4.82. The van der Waals surface area contributed by atoms with Crippen LogP contribution < -0.4 is 5.32 Å². The van der Waals surface area contributed by atoms with Crippen LogP contribution in [-0.2, 0) is 14.3 Å². The summed E-state index contributed by atoms with van der Waals surface area (Å²) in [5.41, 5.74) is 0.419. The number of benzene rings is 1. The lowest BCUT2D eigenvalue weighted by atomic mass is 10.0. The molecule has 1 heterocycles. The molecule has 1 aromatic carbocycles. The minimum Gasteiger partial charge on any atom is -0.376 e. The van der Waals surface area contributed by atoms with Gasteiger partial charge >= 0.3 is 0 Å². The smallest absolute Gasteiger partial charge is 0.246 e. The van der Waals surface area contributed by atoms with E-state index in [9.17, 15) is 9.18 Å². The van der Waals surface area contributed by atoms with Gasteiger partial charge in [0.1, 0.15) is 12.4 Å². The van der Waals surface area contributed by atoms with Gasteiger partial charge < -0.3 is 14.8 Å². The number of carbonyl (C=O) groups excluding carboxylic acids is 1. The maximum Gasteiger partial charge on any atom is 0.246 e. The lowest BCUT2D eigenvalue weighted by Crippen LogP contribution is -2.47. The van der Waals surface area contributed by atoms with E-state index in [0.717, 1.165) is 0 Å². The monoisotopic (exact) mass is 384 g/mol. The molecule has 0 radical (unpaired) electrons. The third kappa shape index (κ3) is 5.39. The first kappa shape index (κ1) is 19.5. The molecule has 2 aliphatic rings. The normalized spacial score (nSPS) is 22.2. The van der Waals surface area contributed by atoms with Crippen LogP contribution in [0.15, 0.2) is 18.2 Å². The zero-order valence-corrected chi connectivity index (χ0v) is 15.8. The molecule has 1 amide bonds. The fourth-order valence-corrected chi connectivity index (χ4v) is 3.52. The van der Waals surface area contributed by atoms with Crippen molar-refractivity contribution in [2.24, 2.45) is 5.92 Å². The molecule has 7 heteroatoms. The fourth-order valence-electron chi connectivity index (χ4n) is 3.24. The second kappa shape index (κ2) is 9.13. The van der Waals surface area contributed by atoms with E-state index in [1.165, 1.54) is 18.9 Å². The molecule has 0 spiro atoms. The van der Waals surface area contributed by atoms with E-state index in [4.69, 9.17) is 21.1 Å². The first-order valence-corrected chi connectivity index (χ1v) is 9.56. The molecular weight excluding hydrogens is 359 g/mol. The number of carbonyl (C=O) groups is 1. The molecular formula is C19H26ClFN2O3. The Balaban J connectivity index is 1.65. The second-order valence-corrected chi connectivity index (χ2v) is 7.50. The number of ether oxygens (including phenoxy) is 2. The summed E-state index contributed by atoms with van der Waals surface area (Å²) in [7, 11) is 0. The summed E-state index contributed by atoms with van der Waals surface area (Å²) in [4.78, 5) is 14.2. The Kier molecular flexibility index (Phi) is 6.86. The molecule has 1 saturated heterocycles. The molecule has 2 atom stereocenters. The predicted molar refractivity (Wildman–Crippen MR) is 97.7 cm³/mol. The Morgan fingerprint density at radius 2 is 2.31 bits per heavy atom. The van der Waals surface area contributed by atoms with Gasteiger partial charge in [-0.05, 0) is 37.8 Å². The van der Waals surface area contributed by atoms with Crippen molar-refractivity contribution in [1.82, 2.24) is 10.2 Å². The SMILES string of the molecule is CC1CN(C(CNC(=O)COCC2CC2)c2c(F)cccc2Cl)CCO1. The lowest BCUT2D eigenvalue weighted by Gasteiger charge is -2.38. The van der Waals surface area contributed by atoms with Crippen molar-refractivity contribution in [2.45, 2.75) is 31.9 Å². The molecule has 1 aromatic rings. The van der Waals surface area contributed by atoms with Gasteiger partial charge in [-0.15, -0.1) is 0 Å². The molecule has 0 aromatic heterocycles. The Bertz CT molecular complexity index is 607. The predicted octanol–water partition coefficient (Wildman–Crippen LogP) is 2.78. The van der Waals surface area contributed by atoms with Crippen LogP contribution in [0.3, 0.4) is 0 Å². The van der Waals surface area contributed by atoms with Crippen LogP contribution in [0.4, 0.5) is 4.39 Å². The van der Waals surface area contributed by atoms with Crippen molar-refractivity contribution in [3.05, 3.63) is 34.6 Å². The molecule has 2 fully saturated rings. The number of morpholine rings is 1. The summed E-state index contributed by atoms with van der Waals surface area (Å²) >= 11 is 6.29. The largest absolute Gasteiger partial charge is 0.376 e. The van der Waals surface area contributed by atoms with Gasteiger partial charge in [0.2, 0.25) is 5.91 Å². The second-order valence-electron chi connectivity index (χ2n) is 7.09. The van der Waals surface area contributed by atoms with Crippen molar-refractivity contribution in [3.63, 3.8) is 0 Å². The number of halogens is 2. The Labute approximate surface area is 158 Å². The van der Waals surface area contributed by atoms with Gasteiger partial charge in [-0.2, -0.15) is 0 Å². The Morgan fingerprint density at radius 3 is 3.00 bits per heavy atom. The highest BCUT2D eigenvalue weighted by atomic mass is 35.5. The first-order chi connectivity index (χ1) is 12.5. The first-order valence-electron chi connectivity index (χ1n) is 9.18. The molecule has 0 bridgehead atoms. The molecule has 1 saturated carbocycles. The van der Waals surface area contributed by atoms with E-state index in [0.29, 0.717) is 42.8 Å². The van der Waals surface area contributed by atoms with Gasteiger partial charge in [0.05, 0.1) is 25.4 Å². The molecule has 1 aliphatic carbocycles. The van der Waals surface area contributed by atoms with E-state index in [2.05, 4.69) is 10.2 Å². The third-order valence-electron chi connectivity index (χ3n) is 4.82. The van der Waals surface area contributed by atoms with Gasteiger partial charge in [-0.1, -0.05) is 17.7 Å². The molecule has 144 valence electrons. The van der Waals surface area contributed by atoms with Crippen LogP contribution in [-0.4, -0.2) is 56.4 Å². The van der Waals surface area contributed by atoms with Gasteiger partial charge in [0, 0.05) is 30.2 Å². The summed E-state index contributed by atoms with van der Waals surface area (Å²) in [6, 6.07) is 4.32. The average Bonchev–Trinajstić information content (AvgIpc) is 3.41. The van der Waals surface area contributed by atoms with Crippen LogP contribution in [0.5, 0.6) is 0 Å². The third-order valence-corrected chi connectivity index (χ3v) is 5.15. The van der Waals surface area contributed by atoms with Gasteiger partial charge in [0.25, 0.3) is 0 Å². The molecule has 1 N–H and O–H groups in total.